The summed E-state index contributed by atoms with van der Waals surface area (Å²) in [6, 6.07) is 0. The molecule has 3 aliphatic heterocycles. The van der Waals surface area contributed by atoms with Crippen LogP contribution in [-0.2, 0) is 28.5 Å². The van der Waals surface area contributed by atoms with Crippen molar-refractivity contribution in [1.82, 2.24) is 0 Å². The Morgan fingerprint density at radius 1 is 0.892 bits per heavy atom. The molecule has 3 aliphatic rings. The van der Waals surface area contributed by atoms with E-state index in [9.17, 15) is 9.59 Å². The number of hydrogen-bond acceptors (Lipinski definition) is 6. The normalized spacial score (nSPS) is 18.7. The Kier molecular flexibility index (Phi) is 42.8. The van der Waals surface area contributed by atoms with Crippen molar-refractivity contribution >= 4 is 11.6 Å². The number of rotatable bonds is 4. The Hall–Kier alpha value is -2.54. The van der Waals surface area contributed by atoms with Crippen LogP contribution in [0, 0.1) is 5.92 Å². The molecule has 0 amide bonds. The zero-order chi connectivity index (χ0) is 30.2. The van der Waals surface area contributed by atoms with Crippen molar-refractivity contribution in [2.24, 2.45) is 5.92 Å². The average Bonchev–Trinajstić information content (AvgIpc) is 3.75. The number of Topliss-reactive ketones (excluding diaryl/α,β-unsaturated/α-hetero) is 1. The summed E-state index contributed by atoms with van der Waals surface area (Å²) < 4.78 is 18.8. The van der Waals surface area contributed by atoms with Gasteiger partial charge < -0.3 is 18.9 Å². The summed E-state index contributed by atoms with van der Waals surface area (Å²) in [6.45, 7) is 36.6. The molecular formula is C31H56O6. The molecule has 3 fully saturated rings. The van der Waals surface area contributed by atoms with Gasteiger partial charge in [0.1, 0.15) is 0 Å². The number of carbonyl (C=O) groups excluding carboxylic acids is 2. The average molecular weight is 525 g/mol. The van der Waals surface area contributed by atoms with Gasteiger partial charge >= 0.3 is 0 Å². The van der Waals surface area contributed by atoms with Gasteiger partial charge in [-0.2, -0.15) is 0 Å². The summed E-state index contributed by atoms with van der Waals surface area (Å²) in [6.07, 6.45) is 11.7. The standard InChI is InChI=1S/C5H8O.C5H8.2C4H8O.C4H6O.2C3H6O.C3H6/c1-4(2)5(3)6;1-3-5-4-2;1-4-2-5-3-4;1-3-4(2)5-3;1-3-4(2)5;1-3-2-4-3;1-3-4-2;1-3-2/h1H2,2-3H3;3-5H,1H2,2H3;4H,2-3H2,1H3;3-4H,1-2H3;3H,1H2,2H3;3H,2H2,1H3;3H,1H2,2H3;3H,1H2,2H3. The third-order valence-corrected chi connectivity index (χ3v) is 3.70. The molecule has 3 unspecified atom stereocenters. The molecule has 0 bridgehead atoms. The van der Waals surface area contributed by atoms with Gasteiger partial charge in [0.05, 0.1) is 51.5 Å². The number of allylic oxidation sites excluding steroid dienone is 6. The lowest BCUT2D eigenvalue weighted by Gasteiger charge is -2.20. The first-order chi connectivity index (χ1) is 17.2. The third-order valence-electron chi connectivity index (χ3n) is 3.70. The number of methoxy groups -OCH3 is 1. The number of carbonyl (C=O) groups is 2. The second-order valence-corrected chi connectivity index (χ2v) is 8.06. The highest BCUT2D eigenvalue weighted by Crippen LogP contribution is 2.18. The maximum Gasteiger partial charge on any atom is 0.154 e. The fourth-order valence-corrected chi connectivity index (χ4v) is 0.879. The van der Waals surface area contributed by atoms with Crippen LogP contribution in [0.3, 0.4) is 0 Å². The Morgan fingerprint density at radius 2 is 1.16 bits per heavy atom. The Morgan fingerprint density at radius 3 is 1.16 bits per heavy atom. The molecule has 37 heavy (non-hydrogen) atoms. The van der Waals surface area contributed by atoms with Crippen molar-refractivity contribution in [2.75, 3.05) is 26.9 Å². The first-order valence-corrected chi connectivity index (χ1v) is 12.3. The Bertz CT molecular complexity index is 591. The minimum absolute atomic E-state index is 0.0185. The summed E-state index contributed by atoms with van der Waals surface area (Å²) in [5.74, 6) is 0.926. The maximum absolute atomic E-state index is 10.0. The van der Waals surface area contributed by atoms with Gasteiger partial charge in [0, 0.05) is 5.92 Å². The molecule has 0 aliphatic carbocycles. The van der Waals surface area contributed by atoms with Crippen LogP contribution in [0.5, 0.6) is 0 Å². The summed E-state index contributed by atoms with van der Waals surface area (Å²) >= 11 is 0. The SMILES string of the molecule is C=C(C)C(C)=O.C=CC.C=CC(C)=O.C=CC=CC.C=COC.CC1CO1.CC1COC1.CC1OC1C. The smallest absolute Gasteiger partial charge is 0.154 e. The highest BCUT2D eigenvalue weighted by atomic mass is 16.6. The van der Waals surface area contributed by atoms with Crippen LogP contribution >= 0.6 is 0 Å². The van der Waals surface area contributed by atoms with E-state index in [0.717, 1.165) is 25.7 Å². The predicted octanol–water partition coefficient (Wildman–Crippen LogP) is 7.48. The van der Waals surface area contributed by atoms with E-state index in [1.54, 1.807) is 26.2 Å². The van der Waals surface area contributed by atoms with Crippen LogP contribution < -0.4 is 0 Å². The van der Waals surface area contributed by atoms with Crippen molar-refractivity contribution in [3.63, 3.8) is 0 Å². The molecule has 3 heterocycles. The minimum Gasteiger partial charge on any atom is -0.505 e. The molecule has 3 rings (SSSR count). The van der Waals surface area contributed by atoms with E-state index in [0.29, 0.717) is 23.9 Å². The third kappa shape index (κ3) is 71.9. The van der Waals surface area contributed by atoms with Crippen molar-refractivity contribution in [3.05, 3.63) is 75.1 Å². The van der Waals surface area contributed by atoms with Crippen molar-refractivity contribution in [3.8, 4) is 0 Å². The first kappa shape index (κ1) is 44.5. The van der Waals surface area contributed by atoms with Crippen molar-refractivity contribution in [2.45, 2.75) is 80.6 Å². The monoisotopic (exact) mass is 524 g/mol. The predicted molar refractivity (Wildman–Crippen MR) is 160 cm³/mol. The fourth-order valence-electron chi connectivity index (χ4n) is 0.879. The van der Waals surface area contributed by atoms with Gasteiger partial charge in [-0.05, 0) is 67.0 Å². The zero-order valence-electron chi connectivity index (χ0n) is 25.4. The second-order valence-electron chi connectivity index (χ2n) is 8.06. The molecule has 0 aromatic carbocycles. The van der Waals surface area contributed by atoms with Crippen molar-refractivity contribution in [1.29, 1.82) is 0 Å². The topological polar surface area (TPSA) is 77.7 Å². The van der Waals surface area contributed by atoms with Crippen LogP contribution in [0.2, 0.25) is 0 Å². The van der Waals surface area contributed by atoms with Gasteiger partial charge in [0.2, 0.25) is 0 Å². The van der Waals surface area contributed by atoms with Gasteiger partial charge in [-0.1, -0.05) is 57.5 Å². The van der Waals surface area contributed by atoms with Crippen LogP contribution in [-0.4, -0.2) is 56.8 Å². The molecule has 0 spiro atoms. The van der Waals surface area contributed by atoms with Gasteiger partial charge in [-0.25, -0.2) is 0 Å². The Balaban J connectivity index is -0.000000106. The number of ether oxygens (including phenoxy) is 4. The summed E-state index contributed by atoms with van der Waals surface area (Å²) in [4.78, 5) is 19.7. The number of hydrogen-bond donors (Lipinski definition) is 0. The number of ketones is 2. The summed E-state index contributed by atoms with van der Waals surface area (Å²) in [7, 11) is 1.56. The van der Waals surface area contributed by atoms with E-state index in [1.807, 2.05) is 26.0 Å². The van der Waals surface area contributed by atoms with E-state index in [4.69, 9.17) is 14.2 Å². The molecule has 0 aromatic rings. The summed E-state index contributed by atoms with van der Waals surface area (Å²) in [5, 5.41) is 0. The Labute approximate surface area is 228 Å². The fraction of sp³-hybridized carbons (Fsp3) is 0.548. The number of epoxide rings is 2. The van der Waals surface area contributed by atoms with Crippen LogP contribution in [0.1, 0.15) is 62.3 Å². The van der Waals surface area contributed by atoms with Crippen molar-refractivity contribution < 1.29 is 28.5 Å². The lowest BCUT2D eigenvalue weighted by molar-refractivity contribution is -0.114. The van der Waals surface area contributed by atoms with Gasteiger partial charge in [0.15, 0.2) is 11.6 Å². The van der Waals surface area contributed by atoms with E-state index in [-0.39, 0.29) is 11.6 Å². The lowest BCUT2D eigenvalue weighted by atomic mass is 10.2. The van der Waals surface area contributed by atoms with Gasteiger partial charge in [-0.3, -0.25) is 9.59 Å². The van der Waals surface area contributed by atoms with Crippen LogP contribution in [0.25, 0.3) is 0 Å². The van der Waals surface area contributed by atoms with E-state index >= 15 is 0 Å². The molecule has 0 saturated carbocycles. The molecule has 0 N–H and O–H groups in total. The highest BCUT2D eigenvalue weighted by Gasteiger charge is 2.27. The highest BCUT2D eigenvalue weighted by molar-refractivity contribution is 5.91. The first-order valence-electron chi connectivity index (χ1n) is 12.3. The lowest BCUT2D eigenvalue weighted by Crippen LogP contribution is -2.23. The molecule has 3 atom stereocenters. The van der Waals surface area contributed by atoms with E-state index < -0.39 is 0 Å². The maximum atomic E-state index is 10.0. The second kappa shape index (κ2) is 35.6. The van der Waals surface area contributed by atoms with Crippen LogP contribution in [0.15, 0.2) is 75.1 Å². The van der Waals surface area contributed by atoms with Gasteiger partial charge in [-0.15, -0.1) is 6.58 Å². The largest absolute Gasteiger partial charge is 0.505 e. The molecule has 3 saturated heterocycles. The molecule has 0 aromatic heterocycles. The molecule has 216 valence electrons. The van der Waals surface area contributed by atoms with E-state index in [1.165, 1.54) is 26.2 Å². The van der Waals surface area contributed by atoms with Gasteiger partial charge in [0.25, 0.3) is 0 Å². The molecule has 6 nitrogen and oxygen atoms in total. The molecule has 0 radical (unpaired) electrons. The minimum atomic E-state index is 0.0185. The summed E-state index contributed by atoms with van der Waals surface area (Å²) in [5.41, 5.74) is 0.620. The van der Waals surface area contributed by atoms with E-state index in [2.05, 4.69) is 65.3 Å². The molecular weight excluding hydrogens is 468 g/mol. The van der Waals surface area contributed by atoms with Crippen LogP contribution in [0.4, 0.5) is 0 Å². The molecule has 6 heteroatoms. The zero-order valence-corrected chi connectivity index (χ0v) is 25.4. The quantitative estimate of drug-likeness (QED) is 0.125.